The van der Waals surface area contributed by atoms with Gasteiger partial charge in [0.15, 0.2) is 0 Å². The number of rotatable bonds is 4. The van der Waals surface area contributed by atoms with E-state index in [-0.39, 0.29) is 0 Å². The van der Waals surface area contributed by atoms with Crippen LogP contribution in [0.2, 0.25) is 0 Å². The highest BCUT2D eigenvalue weighted by Gasteiger charge is 2.19. The maximum Gasteiger partial charge on any atom is 0.0638 e. The Balaban J connectivity index is 4.09. The van der Waals surface area contributed by atoms with E-state index in [0.29, 0.717) is 6.17 Å². The van der Waals surface area contributed by atoms with Gasteiger partial charge in [-0.25, -0.2) is 0 Å². The molecular weight excluding hydrogens is 136 g/mol. The summed E-state index contributed by atoms with van der Waals surface area (Å²) in [5.41, 5.74) is 0. The van der Waals surface area contributed by atoms with Crippen LogP contribution in [0.25, 0.3) is 0 Å². The minimum Gasteiger partial charge on any atom is -0.294 e. The summed E-state index contributed by atoms with van der Waals surface area (Å²) in [6.07, 6.45) is 1.81. The summed E-state index contributed by atoms with van der Waals surface area (Å²) in [5.74, 6) is 0.736. The van der Waals surface area contributed by atoms with Crippen LogP contribution in [0.15, 0.2) is 0 Å². The van der Waals surface area contributed by atoms with Gasteiger partial charge in [-0.15, -0.1) is 0 Å². The quantitative estimate of drug-likeness (QED) is 0.572. The van der Waals surface area contributed by atoms with Crippen molar-refractivity contribution < 1.29 is 0 Å². The molecule has 0 aromatic heterocycles. The average molecular weight is 158 g/mol. The Morgan fingerprint density at radius 3 is 1.45 bits per heavy atom. The van der Waals surface area contributed by atoms with Crippen LogP contribution in [0, 0.1) is 5.92 Å². The molecule has 0 aromatic carbocycles. The van der Waals surface area contributed by atoms with E-state index in [1.54, 1.807) is 0 Å². The van der Waals surface area contributed by atoms with E-state index in [1.807, 2.05) is 0 Å². The monoisotopic (exact) mass is 158 g/mol. The van der Waals surface area contributed by atoms with Crippen LogP contribution >= 0.6 is 0 Å². The lowest BCUT2D eigenvalue weighted by atomic mass is 10.0. The van der Waals surface area contributed by atoms with Gasteiger partial charge in [-0.1, -0.05) is 20.3 Å². The number of hydrogen-bond donors (Lipinski definition) is 0. The lowest BCUT2D eigenvalue weighted by Gasteiger charge is -2.35. The van der Waals surface area contributed by atoms with E-state index < -0.39 is 0 Å². The Hall–Kier alpha value is -0.0800. The molecule has 68 valence electrons. The molecule has 0 saturated heterocycles. The van der Waals surface area contributed by atoms with Crippen LogP contribution in [-0.2, 0) is 0 Å². The number of hydrogen-bond acceptors (Lipinski definition) is 2. The zero-order valence-corrected chi connectivity index (χ0v) is 8.76. The average Bonchev–Trinajstić information content (AvgIpc) is 1.85. The van der Waals surface area contributed by atoms with Crippen LogP contribution in [-0.4, -0.2) is 44.2 Å². The van der Waals surface area contributed by atoms with E-state index in [2.05, 4.69) is 51.8 Å². The minimum atomic E-state index is 0.569. The van der Waals surface area contributed by atoms with Crippen LogP contribution < -0.4 is 0 Å². The highest BCUT2D eigenvalue weighted by molar-refractivity contribution is 4.68. The lowest BCUT2D eigenvalue weighted by molar-refractivity contribution is 0.0763. The fourth-order valence-corrected chi connectivity index (χ4v) is 1.69. The SMILES string of the molecule is CCC(C)C(N(C)C)N(C)C. The third kappa shape index (κ3) is 3.21. The predicted molar refractivity (Wildman–Crippen MR) is 50.6 cm³/mol. The van der Waals surface area contributed by atoms with E-state index >= 15 is 0 Å². The van der Waals surface area contributed by atoms with Gasteiger partial charge in [-0.05, 0) is 34.1 Å². The van der Waals surface area contributed by atoms with E-state index in [4.69, 9.17) is 0 Å². The Morgan fingerprint density at radius 1 is 1.00 bits per heavy atom. The molecule has 1 unspecified atom stereocenters. The molecule has 2 nitrogen and oxygen atoms in total. The minimum absolute atomic E-state index is 0.569. The first-order valence-electron chi connectivity index (χ1n) is 4.33. The molecule has 0 amide bonds. The second kappa shape index (κ2) is 4.73. The fourth-order valence-electron chi connectivity index (χ4n) is 1.69. The Kier molecular flexibility index (Phi) is 4.69. The van der Waals surface area contributed by atoms with Crippen LogP contribution in [0.3, 0.4) is 0 Å². The molecule has 1 atom stereocenters. The largest absolute Gasteiger partial charge is 0.294 e. The van der Waals surface area contributed by atoms with Crippen molar-refractivity contribution in [1.82, 2.24) is 9.80 Å². The highest BCUT2D eigenvalue weighted by atomic mass is 15.3. The van der Waals surface area contributed by atoms with Gasteiger partial charge in [0, 0.05) is 0 Å². The fraction of sp³-hybridized carbons (Fsp3) is 1.00. The third-order valence-electron chi connectivity index (χ3n) is 2.21. The summed E-state index contributed by atoms with van der Waals surface area (Å²) in [4.78, 5) is 4.54. The molecular formula is C9H22N2. The van der Waals surface area contributed by atoms with Crippen molar-refractivity contribution in [1.29, 1.82) is 0 Å². The molecule has 0 saturated carbocycles. The first kappa shape index (κ1) is 10.9. The molecule has 0 radical (unpaired) electrons. The zero-order valence-electron chi connectivity index (χ0n) is 8.76. The first-order chi connectivity index (χ1) is 5.00. The second-order valence-electron chi connectivity index (χ2n) is 3.73. The number of nitrogens with zero attached hydrogens (tertiary/aromatic N) is 2. The van der Waals surface area contributed by atoms with E-state index in [1.165, 1.54) is 6.42 Å². The summed E-state index contributed by atoms with van der Waals surface area (Å²) in [6.45, 7) is 4.54. The van der Waals surface area contributed by atoms with Crippen molar-refractivity contribution in [3.05, 3.63) is 0 Å². The maximum atomic E-state index is 2.30. The molecule has 2 heteroatoms. The highest BCUT2D eigenvalue weighted by Crippen LogP contribution is 2.13. The van der Waals surface area contributed by atoms with Gasteiger partial charge in [0.25, 0.3) is 0 Å². The molecule has 0 N–H and O–H groups in total. The normalized spacial score (nSPS) is 15.0. The van der Waals surface area contributed by atoms with Crippen LogP contribution in [0.4, 0.5) is 0 Å². The third-order valence-corrected chi connectivity index (χ3v) is 2.21. The van der Waals surface area contributed by atoms with Gasteiger partial charge in [0.05, 0.1) is 6.17 Å². The van der Waals surface area contributed by atoms with Gasteiger partial charge in [-0.2, -0.15) is 0 Å². The van der Waals surface area contributed by atoms with Gasteiger partial charge >= 0.3 is 0 Å². The molecule has 0 heterocycles. The molecule has 0 aliphatic heterocycles. The standard InChI is InChI=1S/C9H22N2/c1-7-8(2)9(10(3)4)11(5)6/h8-9H,7H2,1-6H3. The smallest absolute Gasteiger partial charge is 0.0638 e. The molecule has 0 fully saturated rings. The van der Waals surface area contributed by atoms with Gasteiger partial charge in [-0.3, -0.25) is 9.80 Å². The summed E-state index contributed by atoms with van der Waals surface area (Å²) < 4.78 is 0. The lowest BCUT2D eigenvalue weighted by Crippen LogP contribution is -2.44. The molecule has 0 aliphatic carbocycles. The van der Waals surface area contributed by atoms with Crippen molar-refractivity contribution in [2.24, 2.45) is 5.92 Å². The predicted octanol–water partition coefficient (Wildman–Crippen LogP) is 1.48. The van der Waals surface area contributed by atoms with Crippen molar-refractivity contribution in [3.63, 3.8) is 0 Å². The molecule has 0 spiro atoms. The second-order valence-corrected chi connectivity index (χ2v) is 3.73. The van der Waals surface area contributed by atoms with Crippen molar-refractivity contribution >= 4 is 0 Å². The molecule has 0 bridgehead atoms. The van der Waals surface area contributed by atoms with E-state index in [0.717, 1.165) is 5.92 Å². The topological polar surface area (TPSA) is 6.48 Å². The molecule has 0 rings (SSSR count). The van der Waals surface area contributed by atoms with Gasteiger partial charge < -0.3 is 0 Å². The summed E-state index contributed by atoms with van der Waals surface area (Å²) in [5, 5.41) is 0. The Bertz CT molecular complexity index is 91.7. The Labute approximate surface area is 71.2 Å². The van der Waals surface area contributed by atoms with Gasteiger partial charge in [0.1, 0.15) is 0 Å². The zero-order chi connectivity index (χ0) is 9.02. The summed E-state index contributed by atoms with van der Waals surface area (Å²) >= 11 is 0. The van der Waals surface area contributed by atoms with Crippen LogP contribution in [0.5, 0.6) is 0 Å². The van der Waals surface area contributed by atoms with Crippen molar-refractivity contribution in [3.8, 4) is 0 Å². The van der Waals surface area contributed by atoms with E-state index in [9.17, 15) is 0 Å². The van der Waals surface area contributed by atoms with Gasteiger partial charge in [0.2, 0.25) is 0 Å². The maximum absolute atomic E-state index is 2.30. The van der Waals surface area contributed by atoms with Crippen LogP contribution in [0.1, 0.15) is 20.3 Å². The van der Waals surface area contributed by atoms with Crippen molar-refractivity contribution in [2.75, 3.05) is 28.2 Å². The Morgan fingerprint density at radius 2 is 1.36 bits per heavy atom. The molecule has 11 heavy (non-hydrogen) atoms. The molecule has 0 aliphatic rings. The summed E-state index contributed by atoms with van der Waals surface area (Å²) in [6, 6.07) is 0. The summed E-state index contributed by atoms with van der Waals surface area (Å²) in [7, 11) is 8.54. The molecule has 0 aromatic rings. The van der Waals surface area contributed by atoms with Crippen molar-refractivity contribution in [2.45, 2.75) is 26.4 Å². The first-order valence-corrected chi connectivity index (χ1v) is 4.33.